The van der Waals surface area contributed by atoms with E-state index < -0.39 is 0 Å². The Hall–Kier alpha value is -0.890. The van der Waals surface area contributed by atoms with Crippen molar-refractivity contribution in [2.75, 3.05) is 0 Å². The highest BCUT2D eigenvalue weighted by Gasteiger charge is 2.17. The first kappa shape index (κ1) is 10.2. The number of benzene rings is 1. The molecule has 1 aromatic carbocycles. The summed E-state index contributed by atoms with van der Waals surface area (Å²) in [4.78, 5) is 0. The molecule has 0 heterocycles. The molecule has 0 fully saturated rings. The molecule has 0 radical (unpaired) electrons. The second-order valence-electron chi connectivity index (χ2n) is 4.21. The normalized spacial score (nSPS) is 11.8. The Kier molecular flexibility index (Phi) is 2.71. The second kappa shape index (κ2) is 3.46. The van der Waals surface area contributed by atoms with Crippen molar-refractivity contribution < 1.29 is 9.50 Å². The molecule has 1 N–H and O–H groups in total. The summed E-state index contributed by atoms with van der Waals surface area (Å²) < 4.78 is 12.8. The SMILES string of the molecule is CC(C)(C)c1ccc(F)cc1CO. The summed E-state index contributed by atoms with van der Waals surface area (Å²) in [5.41, 5.74) is 1.62. The van der Waals surface area contributed by atoms with Gasteiger partial charge in [-0.1, -0.05) is 26.8 Å². The van der Waals surface area contributed by atoms with Crippen LogP contribution in [0.15, 0.2) is 18.2 Å². The minimum atomic E-state index is -0.294. The Bertz CT molecular complexity index is 299. The molecular weight excluding hydrogens is 167 g/mol. The van der Waals surface area contributed by atoms with Gasteiger partial charge in [0.1, 0.15) is 5.82 Å². The van der Waals surface area contributed by atoms with E-state index in [-0.39, 0.29) is 17.8 Å². The van der Waals surface area contributed by atoms with Crippen molar-refractivity contribution in [2.24, 2.45) is 0 Å². The van der Waals surface area contributed by atoms with Gasteiger partial charge >= 0.3 is 0 Å². The summed E-state index contributed by atoms with van der Waals surface area (Å²) in [5.74, 6) is -0.294. The van der Waals surface area contributed by atoms with Gasteiger partial charge < -0.3 is 5.11 Å². The van der Waals surface area contributed by atoms with Crippen molar-refractivity contribution in [1.29, 1.82) is 0 Å². The van der Waals surface area contributed by atoms with E-state index in [1.165, 1.54) is 12.1 Å². The van der Waals surface area contributed by atoms with Gasteiger partial charge in [0.2, 0.25) is 0 Å². The van der Waals surface area contributed by atoms with Gasteiger partial charge in [0, 0.05) is 0 Å². The highest BCUT2D eigenvalue weighted by atomic mass is 19.1. The summed E-state index contributed by atoms with van der Waals surface area (Å²) in [5, 5.41) is 9.04. The highest BCUT2D eigenvalue weighted by Crippen LogP contribution is 2.26. The fourth-order valence-electron chi connectivity index (χ4n) is 1.42. The van der Waals surface area contributed by atoms with Crippen LogP contribution >= 0.6 is 0 Å². The Morgan fingerprint density at radius 3 is 2.38 bits per heavy atom. The van der Waals surface area contributed by atoms with E-state index >= 15 is 0 Å². The molecule has 0 aliphatic rings. The monoisotopic (exact) mass is 182 g/mol. The Balaban J connectivity index is 3.22. The van der Waals surface area contributed by atoms with E-state index in [0.717, 1.165) is 5.56 Å². The predicted molar refractivity (Wildman–Crippen MR) is 51.0 cm³/mol. The summed E-state index contributed by atoms with van der Waals surface area (Å²) in [6.45, 7) is 6.02. The number of aliphatic hydroxyl groups excluding tert-OH is 1. The Morgan fingerprint density at radius 2 is 1.92 bits per heavy atom. The molecule has 0 bridgehead atoms. The third-order valence-corrected chi connectivity index (χ3v) is 2.05. The fraction of sp³-hybridized carbons (Fsp3) is 0.455. The van der Waals surface area contributed by atoms with E-state index in [0.29, 0.717) is 5.56 Å². The number of halogens is 1. The zero-order chi connectivity index (χ0) is 10.1. The van der Waals surface area contributed by atoms with Gasteiger partial charge in [0.15, 0.2) is 0 Å². The van der Waals surface area contributed by atoms with Gasteiger partial charge in [0.05, 0.1) is 6.61 Å². The van der Waals surface area contributed by atoms with Crippen molar-refractivity contribution in [3.8, 4) is 0 Å². The van der Waals surface area contributed by atoms with Crippen LogP contribution in [-0.4, -0.2) is 5.11 Å². The van der Waals surface area contributed by atoms with Crippen molar-refractivity contribution in [3.63, 3.8) is 0 Å². The Morgan fingerprint density at radius 1 is 1.31 bits per heavy atom. The molecule has 0 spiro atoms. The third-order valence-electron chi connectivity index (χ3n) is 2.05. The fourth-order valence-corrected chi connectivity index (χ4v) is 1.42. The van der Waals surface area contributed by atoms with Gasteiger partial charge in [0.25, 0.3) is 0 Å². The molecule has 1 rings (SSSR count). The van der Waals surface area contributed by atoms with Crippen molar-refractivity contribution in [1.82, 2.24) is 0 Å². The maximum absolute atomic E-state index is 12.8. The molecule has 0 saturated heterocycles. The predicted octanol–water partition coefficient (Wildman–Crippen LogP) is 2.62. The van der Waals surface area contributed by atoms with E-state index in [1.54, 1.807) is 6.07 Å². The minimum absolute atomic E-state index is 0.0498. The first-order valence-electron chi connectivity index (χ1n) is 4.35. The quantitative estimate of drug-likeness (QED) is 0.707. The first-order chi connectivity index (χ1) is 5.95. The van der Waals surface area contributed by atoms with E-state index in [2.05, 4.69) is 0 Å². The topological polar surface area (TPSA) is 20.2 Å². The third kappa shape index (κ3) is 2.28. The second-order valence-corrected chi connectivity index (χ2v) is 4.21. The van der Waals surface area contributed by atoms with Crippen molar-refractivity contribution >= 4 is 0 Å². The number of aliphatic hydroxyl groups is 1. The van der Waals surface area contributed by atoms with Crippen molar-refractivity contribution in [3.05, 3.63) is 35.1 Å². The maximum atomic E-state index is 12.8. The minimum Gasteiger partial charge on any atom is -0.392 e. The zero-order valence-electron chi connectivity index (χ0n) is 8.26. The van der Waals surface area contributed by atoms with Gasteiger partial charge in [-0.25, -0.2) is 4.39 Å². The molecule has 2 heteroatoms. The van der Waals surface area contributed by atoms with E-state index in [4.69, 9.17) is 5.11 Å². The molecule has 0 aliphatic heterocycles. The zero-order valence-corrected chi connectivity index (χ0v) is 8.26. The number of rotatable bonds is 1. The van der Waals surface area contributed by atoms with Crippen LogP contribution < -0.4 is 0 Å². The van der Waals surface area contributed by atoms with Crippen LogP contribution in [0.3, 0.4) is 0 Å². The summed E-state index contributed by atoms with van der Waals surface area (Å²) in [7, 11) is 0. The van der Waals surface area contributed by atoms with E-state index in [9.17, 15) is 4.39 Å². The van der Waals surface area contributed by atoms with Gasteiger partial charge in [-0.15, -0.1) is 0 Å². The molecule has 1 nitrogen and oxygen atoms in total. The first-order valence-corrected chi connectivity index (χ1v) is 4.35. The lowest BCUT2D eigenvalue weighted by Crippen LogP contribution is -2.14. The van der Waals surface area contributed by atoms with Crippen LogP contribution in [0.2, 0.25) is 0 Å². The lowest BCUT2D eigenvalue weighted by molar-refractivity contribution is 0.278. The summed E-state index contributed by atoms with van der Waals surface area (Å²) in [6.07, 6.45) is 0. The molecule has 13 heavy (non-hydrogen) atoms. The number of hydrogen-bond acceptors (Lipinski definition) is 1. The standard InChI is InChI=1S/C11H15FO/c1-11(2,3)10-5-4-9(12)6-8(10)7-13/h4-6,13H,7H2,1-3H3. The molecule has 0 unspecified atom stereocenters. The molecule has 1 aromatic rings. The summed E-state index contributed by atoms with van der Waals surface area (Å²) in [6, 6.07) is 4.56. The molecule has 0 amide bonds. The molecule has 0 atom stereocenters. The van der Waals surface area contributed by atoms with Crippen LogP contribution in [0.4, 0.5) is 4.39 Å². The van der Waals surface area contributed by atoms with Crippen LogP contribution in [0.5, 0.6) is 0 Å². The highest BCUT2D eigenvalue weighted by molar-refractivity contribution is 5.32. The average molecular weight is 182 g/mol. The van der Waals surface area contributed by atoms with Gasteiger partial charge in [-0.3, -0.25) is 0 Å². The van der Waals surface area contributed by atoms with Crippen LogP contribution in [0, 0.1) is 5.82 Å². The number of hydrogen-bond donors (Lipinski definition) is 1. The van der Waals surface area contributed by atoms with Gasteiger partial charge in [-0.05, 0) is 28.7 Å². The largest absolute Gasteiger partial charge is 0.392 e. The van der Waals surface area contributed by atoms with Crippen LogP contribution in [0.1, 0.15) is 31.9 Å². The van der Waals surface area contributed by atoms with E-state index in [1.807, 2.05) is 20.8 Å². The smallest absolute Gasteiger partial charge is 0.123 e. The van der Waals surface area contributed by atoms with Gasteiger partial charge in [-0.2, -0.15) is 0 Å². The average Bonchev–Trinajstić information content (AvgIpc) is 2.01. The molecule has 0 aromatic heterocycles. The molecule has 72 valence electrons. The lowest BCUT2D eigenvalue weighted by atomic mass is 9.84. The molecule has 0 saturated carbocycles. The Labute approximate surface area is 78.2 Å². The summed E-state index contributed by atoms with van der Waals surface area (Å²) >= 11 is 0. The lowest BCUT2D eigenvalue weighted by Gasteiger charge is -2.22. The van der Waals surface area contributed by atoms with Crippen LogP contribution in [0.25, 0.3) is 0 Å². The molecule has 0 aliphatic carbocycles. The maximum Gasteiger partial charge on any atom is 0.123 e. The molecular formula is C11H15FO. The van der Waals surface area contributed by atoms with Crippen LogP contribution in [-0.2, 0) is 12.0 Å². The van der Waals surface area contributed by atoms with Crippen molar-refractivity contribution in [2.45, 2.75) is 32.8 Å².